The van der Waals surface area contributed by atoms with E-state index < -0.39 is 16.1 Å². The molecule has 1 N–H and O–H groups in total. The van der Waals surface area contributed by atoms with Crippen LogP contribution in [0.4, 0.5) is 0 Å². The van der Waals surface area contributed by atoms with Crippen molar-refractivity contribution in [1.82, 2.24) is 14.5 Å². The van der Waals surface area contributed by atoms with Crippen molar-refractivity contribution in [3.63, 3.8) is 0 Å². The van der Waals surface area contributed by atoms with Crippen LogP contribution in [-0.4, -0.2) is 76.5 Å². The molecule has 172 valence electrons. The monoisotopic (exact) mass is 461 g/mol. The molecular weight excluding hydrogens is 434 g/mol. The fourth-order valence-electron chi connectivity index (χ4n) is 3.51. The topological polar surface area (TPSA) is 105 Å². The van der Waals surface area contributed by atoms with Crippen LogP contribution >= 0.6 is 0 Å². The molecule has 0 unspecified atom stereocenters. The van der Waals surface area contributed by atoms with Crippen LogP contribution in [-0.2, 0) is 14.8 Å². The average molecular weight is 462 g/mol. The van der Waals surface area contributed by atoms with E-state index in [0.29, 0.717) is 43.2 Å². The number of ether oxygens (including phenoxy) is 2. The Morgan fingerprint density at radius 3 is 2.09 bits per heavy atom. The molecule has 2 amide bonds. The molecule has 0 aromatic heterocycles. The summed E-state index contributed by atoms with van der Waals surface area (Å²) in [4.78, 5) is 29.0. The lowest BCUT2D eigenvalue weighted by atomic mass is 10.1. The first-order chi connectivity index (χ1) is 15.3. The highest BCUT2D eigenvalue weighted by Crippen LogP contribution is 2.28. The van der Waals surface area contributed by atoms with Crippen molar-refractivity contribution in [2.24, 2.45) is 0 Å². The lowest BCUT2D eigenvalue weighted by Gasteiger charge is -2.36. The number of nitrogens with one attached hydrogen (secondary N) is 1. The first-order valence-electron chi connectivity index (χ1n) is 10.1. The van der Waals surface area contributed by atoms with Crippen molar-refractivity contribution in [3.05, 3.63) is 54.1 Å². The summed E-state index contributed by atoms with van der Waals surface area (Å²) in [5.74, 6) is 0.497. The minimum absolute atomic E-state index is 0.102. The molecule has 3 rings (SSSR count). The van der Waals surface area contributed by atoms with Gasteiger partial charge in [0, 0.05) is 31.7 Å². The Morgan fingerprint density at radius 2 is 1.50 bits per heavy atom. The van der Waals surface area contributed by atoms with Crippen LogP contribution in [0.15, 0.2) is 53.4 Å². The first kappa shape index (κ1) is 23.6. The molecular formula is C22H27N3O6S. The standard InChI is InChI=1S/C22H27N3O6S/c1-16(23-32(28,29)18-7-5-4-6-8-18)21(26)24-11-13-25(14-12-24)22(27)17-9-10-19(30-2)20(15-17)31-3/h4-10,15-16,23H,11-14H2,1-3H3/t16-/m0/s1. The highest BCUT2D eigenvalue weighted by molar-refractivity contribution is 7.89. The van der Waals surface area contributed by atoms with E-state index in [-0.39, 0.29) is 16.7 Å². The number of hydrogen-bond donors (Lipinski definition) is 1. The molecule has 9 nitrogen and oxygen atoms in total. The molecule has 1 atom stereocenters. The van der Waals surface area contributed by atoms with Gasteiger partial charge in [-0.15, -0.1) is 0 Å². The van der Waals surface area contributed by atoms with Gasteiger partial charge in [0.1, 0.15) is 0 Å². The first-order valence-corrected chi connectivity index (χ1v) is 11.6. The molecule has 0 bridgehead atoms. The fourth-order valence-corrected chi connectivity index (χ4v) is 4.72. The molecule has 2 aromatic rings. The zero-order chi connectivity index (χ0) is 23.3. The van der Waals surface area contributed by atoms with E-state index in [1.807, 2.05) is 0 Å². The lowest BCUT2D eigenvalue weighted by molar-refractivity contribution is -0.134. The summed E-state index contributed by atoms with van der Waals surface area (Å²) in [6.07, 6.45) is 0. The molecule has 32 heavy (non-hydrogen) atoms. The van der Waals surface area contributed by atoms with Crippen molar-refractivity contribution in [1.29, 1.82) is 0 Å². The van der Waals surface area contributed by atoms with E-state index >= 15 is 0 Å². The number of rotatable bonds is 7. The molecule has 1 heterocycles. The van der Waals surface area contributed by atoms with Gasteiger partial charge in [-0.05, 0) is 37.3 Å². The third kappa shape index (κ3) is 5.20. The molecule has 0 aliphatic carbocycles. The van der Waals surface area contributed by atoms with Crippen LogP contribution in [0, 0.1) is 0 Å². The van der Waals surface area contributed by atoms with Gasteiger partial charge in [-0.2, -0.15) is 4.72 Å². The minimum Gasteiger partial charge on any atom is -0.493 e. The maximum Gasteiger partial charge on any atom is 0.254 e. The van der Waals surface area contributed by atoms with Crippen LogP contribution < -0.4 is 14.2 Å². The molecule has 0 saturated carbocycles. The molecule has 1 saturated heterocycles. The molecule has 1 aliphatic rings. The summed E-state index contributed by atoms with van der Waals surface area (Å²) in [5.41, 5.74) is 0.464. The summed E-state index contributed by atoms with van der Waals surface area (Å²) >= 11 is 0. The number of benzene rings is 2. The molecule has 1 aliphatic heterocycles. The quantitative estimate of drug-likeness (QED) is 0.668. The van der Waals surface area contributed by atoms with Crippen molar-refractivity contribution < 1.29 is 27.5 Å². The summed E-state index contributed by atoms with van der Waals surface area (Å²) in [5, 5.41) is 0. The Labute approximate surface area is 188 Å². The Kier molecular flexibility index (Phi) is 7.37. The average Bonchev–Trinajstić information content (AvgIpc) is 2.83. The van der Waals surface area contributed by atoms with Crippen molar-refractivity contribution in [2.45, 2.75) is 17.9 Å². The summed E-state index contributed by atoms with van der Waals surface area (Å²) in [6.45, 7) is 2.84. The van der Waals surface area contributed by atoms with Gasteiger partial charge >= 0.3 is 0 Å². The maximum atomic E-state index is 12.9. The predicted octanol–water partition coefficient (Wildman–Crippen LogP) is 1.36. The fraction of sp³-hybridized carbons (Fsp3) is 0.364. The van der Waals surface area contributed by atoms with E-state index in [0.717, 1.165) is 0 Å². The molecule has 1 fully saturated rings. The Morgan fingerprint density at radius 1 is 0.906 bits per heavy atom. The summed E-state index contributed by atoms with van der Waals surface area (Å²) in [6, 6.07) is 11.9. The number of hydrogen-bond acceptors (Lipinski definition) is 6. The number of carbonyl (C=O) groups excluding carboxylic acids is 2. The minimum atomic E-state index is -3.80. The Bertz CT molecular complexity index is 1070. The normalized spacial score (nSPS) is 15.2. The SMILES string of the molecule is COc1ccc(C(=O)N2CCN(C(=O)[C@H](C)NS(=O)(=O)c3ccccc3)CC2)cc1OC. The van der Waals surface area contributed by atoms with Crippen molar-refractivity contribution in [3.8, 4) is 11.5 Å². The molecule has 10 heteroatoms. The van der Waals surface area contributed by atoms with E-state index in [9.17, 15) is 18.0 Å². The van der Waals surface area contributed by atoms with Crippen LogP contribution in [0.2, 0.25) is 0 Å². The second kappa shape index (κ2) is 10.0. The number of methoxy groups -OCH3 is 2. The second-order valence-corrected chi connectivity index (χ2v) is 9.06. The highest BCUT2D eigenvalue weighted by Gasteiger charge is 2.30. The van der Waals surface area contributed by atoms with Gasteiger partial charge in [0.2, 0.25) is 15.9 Å². The van der Waals surface area contributed by atoms with Gasteiger partial charge in [-0.3, -0.25) is 9.59 Å². The van der Waals surface area contributed by atoms with E-state index in [1.165, 1.54) is 33.3 Å². The van der Waals surface area contributed by atoms with Gasteiger partial charge in [0.15, 0.2) is 11.5 Å². The number of sulfonamides is 1. The van der Waals surface area contributed by atoms with Crippen LogP contribution in [0.5, 0.6) is 11.5 Å². The van der Waals surface area contributed by atoms with E-state index in [1.54, 1.807) is 46.2 Å². The number of nitrogens with zero attached hydrogens (tertiary/aromatic N) is 2. The third-order valence-electron chi connectivity index (χ3n) is 5.26. The molecule has 0 radical (unpaired) electrons. The molecule has 2 aromatic carbocycles. The zero-order valence-corrected chi connectivity index (χ0v) is 19.1. The number of amides is 2. The van der Waals surface area contributed by atoms with Crippen molar-refractivity contribution >= 4 is 21.8 Å². The third-order valence-corrected chi connectivity index (χ3v) is 6.82. The zero-order valence-electron chi connectivity index (χ0n) is 18.3. The Balaban J connectivity index is 1.59. The van der Waals surface area contributed by atoms with Gasteiger partial charge in [0.05, 0.1) is 25.2 Å². The van der Waals surface area contributed by atoms with Gasteiger partial charge in [0.25, 0.3) is 5.91 Å². The second-order valence-electron chi connectivity index (χ2n) is 7.34. The smallest absolute Gasteiger partial charge is 0.254 e. The van der Waals surface area contributed by atoms with Gasteiger partial charge in [-0.25, -0.2) is 8.42 Å². The van der Waals surface area contributed by atoms with E-state index in [2.05, 4.69) is 4.72 Å². The summed E-state index contributed by atoms with van der Waals surface area (Å²) in [7, 11) is -0.772. The predicted molar refractivity (Wildman–Crippen MR) is 118 cm³/mol. The van der Waals surface area contributed by atoms with Crippen molar-refractivity contribution in [2.75, 3.05) is 40.4 Å². The maximum absolute atomic E-state index is 12.9. The Hall–Kier alpha value is -3.11. The number of piperazine rings is 1. The summed E-state index contributed by atoms with van der Waals surface area (Å²) < 4.78 is 37.8. The van der Waals surface area contributed by atoms with E-state index in [4.69, 9.17) is 9.47 Å². The molecule has 0 spiro atoms. The van der Waals surface area contributed by atoms with Gasteiger partial charge in [-0.1, -0.05) is 18.2 Å². The van der Waals surface area contributed by atoms with Crippen LogP contribution in [0.25, 0.3) is 0 Å². The van der Waals surface area contributed by atoms with Gasteiger partial charge < -0.3 is 19.3 Å². The lowest BCUT2D eigenvalue weighted by Crippen LogP contribution is -2.55. The van der Waals surface area contributed by atoms with Crippen LogP contribution in [0.3, 0.4) is 0 Å². The van der Waals surface area contributed by atoms with Crippen LogP contribution in [0.1, 0.15) is 17.3 Å². The largest absolute Gasteiger partial charge is 0.493 e. The number of carbonyl (C=O) groups is 2. The highest BCUT2D eigenvalue weighted by atomic mass is 32.2.